The molecule has 0 aliphatic heterocycles. The van der Waals surface area contributed by atoms with Crippen LogP contribution in [-0.2, 0) is 6.54 Å². The Labute approximate surface area is 152 Å². The fourth-order valence-electron chi connectivity index (χ4n) is 2.80. The van der Waals surface area contributed by atoms with Crippen molar-refractivity contribution in [2.45, 2.75) is 19.5 Å². The minimum Gasteiger partial charge on any atom is -0.497 e. The molecule has 0 fully saturated rings. The number of carbonyl (C=O) groups is 1. The number of nitrogens with zero attached hydrogens (tertiary/aromatic N) is 1. The van der Waals surface area contributed by atoms with E-state index in [2.05, 4.69) is 5.32 Å². The molecule has 0 aromatic heterocycles. The Morgan fingerprint density at radius 1 is 1.08 bits per heavy atom. The summed E-state index contributed by atoms with van der Waals surface area (Å²) in [5, 5.41) is 15.8. The molecule has 0 saturated carbocycles. The minimum absolute atomic E-state index is 0.362. The van der Waals surface area contributed by atoms with Gasteiger partial charge >= 0.3 is 6.03 Å². The standard InChI is InChI=1S/C21H22N2O3/c1-15(23(25)21(24)22-14-16-6-4-3-5-7-16)17-8-9-19-13-20(26-2)11-10-18(19)12-17/h3-13,15,25H,14H2,1-2H3,(H,22,24). The van der Waals surface area contributed by atoms with Crippen LogP contribution in [0.15, 0.2) is 66.7 Å². The third kappa shape index (κ3) is 3.95. The first-order valence-electron chi connectivity index (χ1n) is 8.46. The normalized spacial score (nSPS) is 11.8. The summed E-state index contributed by atoms with van der Waals surface area (Å²) < 4.78 is 5.23. The number of hydroxylamine groups is 2. The van der Waals surface area contributed by atoms with Gasteiger partial charge in [0.2, 0.25) is 0 Å². The van der Waals surface area contributed by atoms with Gasteiger partial charge in [-0.25, -0.2) is 4.79 Å². The van der Waals surface area contributed by atoms with E-state index in [4.69, 9.17) is 4.74 Å². The topological polar surface area (TPSA) is 61.8 Å². The molecule has 0 aliphatic carbocycles. The quantitative estimate of drug-likeness (QED) is 0.526. The van der Waals surface area contributed by atoms with Crippen molar-refractivity contribution in [1.82, 2.24) is 10.4 Å². The highest BCUT2D eigenvalue weighted by molar-refractivity contribution is 5.84. The fourth-order valence-corrected chi connectivity index (χ4v) is 2.80. The van der Waals surface area contributed by atoms with Crippen LogP contribution in [0, 0.1) is 0 Å². The first-order chi connectivity index (χ1) is 12.6. The van der Waals surface area contributed by atoms with E-state index < -0.39 is 12.1 Å². The van der Waals surface area contributed by atoms with Crippen molar-refractivity contribution in [3.8, 4) is 5.75 Å². The summed E-state index contributed by atoms with van der Waals surface area (Å²) in [6.07, 6.45) is 0. The summed E-state index contributed by atoms with van der Waals surface area (Å²) in [6.45, 7) is 2.15. The maximum absolute atomic E-state index is 12.2. The summed E-state index contributed by atoms with van der Waals surface area (Å²) in [4.78, 5) is 12.2. The van der Waals surface area contributed by atoms with E-state index in [-0.39, 0.29) is 0 Å². The van der Waals surface area contributed by atoms with Crippen molar-refractivity contribution in [2.75, 3.05) is 7.11 Å². The average Bonchev–Trinajstić information content (AvgIpc) is 2.70. The highest BCUT2D eigenvalue weighted by atomic mass is 16.5. The van der Waals surface area contributed by atoms with E-state index in [1.807, 2.05) is 66.7 Å². The van der Waals surface area contributed by atoms with E-state index in [0.29, 0.717) is 6.54 Å². The lowest BCUT2D eigenvalue weighted by Gasteiger charge is -2.23. The van der Waals surface area contributed by atoms with Gasteiger partial charge in [-0.2, -0.15) is 5.06 Å². The Balaban J connectivity index is 1.69. The van der Waals surface area contributed by atoms with Gasteiger partial charge < -0.3 is 10.1 Å². The molecular formula is C21H22N2O3. The maximum atomic E-state index is 12.2. The molecule has 1 atom stereocenters. The second-order valence-electron chi connectivity index (χ2n) is 6.14. The zero-order chi connectivity index (χ0) is 18.5. The van der Waals surface area contributed by atoms with Crippen LogP contribution in [0.5, 0.6) is 5.75 Å². The molecule has 3 aromatic carbocycles. The van der Waals surface area contributed by atoms with Crippen molar-refractivity contribution < 1.29 is 14.7 Å². The molecule has 3 aromatic rings. The van der Waals surface area contributed by atoms with Crippen molar-refractivity contribution in [3.05, 3.63) is 77.9 Å². The minimum atomic E-state index is -0.531. The van der Waals surface area contributed by atoms with Gasteiger partial charge in [-0.3, -0.25) is 5.21 Å². The van der Waals surface area contributed by atoms with Gasteiger partial charge in [0.25, 0.3) is 0 Å². The number of fused-ring (bicyclic) bond motifs is 1. The molecule has 0 aliphatic rings. The molecule has 2 N–H and O–H groups in total. The number of hydrogen-bond donors (Lipinski definition) is 2. The molecule has 134 valence electrons. The Hall–Kier alpha value is -3.05. The SMILES string of the molecule is COc1ccc2cc(C(C)N(O)C(=O)NCc3ccccc3)ccc2c1. The van der Waals surface area contributed by atoms with Crippen LogP contribution < -0.4 is 10.1 Å². The largest absolute Gasteiger partial charge is 0.497 e. The first-order valence-corrected chi connectivity index (χ1v) is 8.46. The van der Waals surface area contributed by atoms with Crippen LogP contribution >= 0.6 is 0 Å². The van der Waals surface area contributed by atoms with E-state index in [9.17, 15) is 10.0 Å². The number of benzene rings is 3. The highest BCUT2D eigenvalue weighted by Crippen LogP contribution is 2.26. The molecule has 0 bridgehead atoms. The highest BCUT2D eigenvalue weighted by Gasteiger charge is 2.19. The molecule has 0 spiro atoms. The third-order valence-electron chi connectivity index (χ3n) is 4.42. The number of ether oxygens (including phenoxy) is 1. The number of urea groups is 1. The zero-order valence-corrected chi connectivity index (χ0v) is 14.8. The second-order valence-corrected chi connectivity index (χ2v) is 6.14. The Morgan fingerprint density at radius 3 is 2.50 bits per heavy atom. The number of amides is 2. The summed E-state index contributed by atoms with van der Waals surface area (Å²) in [7, 11) is 1.63. The molecule has 0 heterocycles. The number of carbonyl (C=O) groups excluding carboxylic acids is 1. The Kier molecular flexibility index (Phi) is 5.39. The van der Waals surface area contributed by atoms with Crippen LogP contribution in [0.1, 0.15) is 24.1 Å². The van der Waals surface area contributed by atoms with E-state index >= 15 is 0 Å². The Morgan fingerprint density at radius 2 is 1.77 bits per heavy atom. The molecule has 0 radical (unpaired) electrons. The molecule has 0 saturated heterocycles. The monoisotopic (exact) mass is 350 g/mol. The summed E-state index contributed by atoms with van der Waals surface area (Å²) >= 11 is 0. The van der Waals surface area contributed by atoms with Crippen molar-refractivity contribution >= 4 is 16.8 Å². The van der Waals surface area contributed by atoms with E-state index in [1.54, 1.807) is 14.0 Å². The molecule has 5 nitrogen and oxygen atoms in total. The molecular weight excluding hydrogens is 328 g/mol. The van der Waals surface area contributed by atoms with E-state index in [1.165, 1.54) is 0 Å². The molecule has 26 heavy (non-hydrogen) atoms. The van der Waals surface area contributed by atoms with Crippen molar-refractivity contribution in [2.24, 2.45) is 0 Å². The van der Waals surface area contributed by atoms with Crippen LogP contribution in [0.3, 0.4) is 0 Å². The molecule has 1 unspecified atom stereocenters. The summed E-state index contributed by atoms with van der Waals surface area (Å²) in [5.74, 6) is 0.794. The second kappa shape index (κ2) is 7.89. The summed E-state index contributed by atoms with van der Waals surface area (Å²) in [5.41, 5.74) is 1.82. The van der Waals surface area contributed by atoms with Crippen molar-refractivity contribution in [3.63, 3.8) is 0 Å². The Bertz CT molecular complexity index is 896. The lowest BCUT2D eigenvalue weighted by molar-refractivity contribution is -0.0745. The zero-order valence-electron chi connectivity index (χ0n) is 14.8. The van der Waals surface area contributed by atoms with Gasteiger partial charge in [-0.1, -0.05) is 48.5 Å². The smallest absolute Gasteiger partial charge is 0.341 e. The number of hydrogen-bond acceptors (Lipinski definition) is 3. The van der Waals surface area contributed by atoms with Crippen LogP contribution in [-0.4, -0.2) is 23.4 Å². The average molecular weight is 350 g/mol. The molecule has 3 rings (SSSR count). The summed E-state index contributed by atoms with van der Waals surface area (Å²) in [6, 6.07) is 20.2. The van der Waals surface area contributed by atoms with Crippen LogP contribution in [0.2, 0.25) is 0 Å². The van der Waals surface area contributed by atoms with Crippen LogP contribution in [0.25, 0.3) is 10.8 Å². The number of nitrogens with one attached hydrogen (secondary N) is 1. The fraction of sp³-hybridized carbons (Fsp3) is 0.190. The molecule has 2 amide bonds. The van der Waals surface area contributed by atoms with Gasteiger partial charge in [0.1, 0.15) is 5.75 Å². The lowest BCUT2D eigenvalue weighted by atomic mass is 10.0. The third-order valence-corrected chi connectivity index (χ3v) is 4.42. The maximum Gasteiger partial charge on any atom is 0.341 e. The number of rotatable bonds is 5. The predicted molar refractivity (Wildman–Crippen MR) is 101 cm³/mol. The van der Waals surface area contributed by atoms with Gasteiger partial charge in [-0.15, -0.1) is 0 Å². The van der Waals surface area contributed by atoms with Gasteiger partial charge in [0, 0.05) is 6.54 Å². The first kappa shape index (κ1) is 17.8. The van der Waals surface area contributed by atoms with Gasteiger partial charge in [0.05, 0.1) is 13.2 Å². The van der Waals surface area contributed by atoms with E-state index in [0.717, 1.165) is 32.7 Å². The van der Waals surface area contributed by atoms with Crippen molar-refractivity contribution in [1.29, 1.82) is 0 Å². The number of methoxy groups -OCH3 is 1. The van der Waals surface area contributed by atoms with Gasteiger partial charge in [0.15, 0.2) is 0 Å². The lowest BCUT2D eigenvalue weighted by Crippen LogP contribution is -2.38. The van der Waals surface area contributed by atoms with Gasteiger partial charge in [-0.05, 0) is 47.0 Å². The predicted octanol–water partition coefficient (Wildman–Crippen LogP) is 4.51. The van der Waals surface area contributed by atoms with Crippen LogP contribution in [0.4, 0.5) is 4.79 Å². The molecule has 5 heteroatoms.